The van der Waals surface area contributed by atoms with Crippen molar-refractivity contribution < 1.29 is 19.2 Å². The average Bonchev–Trinajstić information content (AvgIpc) is 2.62. The molecule has 1 atom stereocenters. The predicted octanol–water partition coefficient (Wildman–Crippen LogP) is 2.84. The number of non-ortho nitro benzene ring substituents is 1. The van der Waals surface area contributed by atoms with Crippen LogP contribution in [0.3, 0.4) is 0 Å². The quantitative estimate of drug-likeness (QED) is 0.484. The summed E-state index contributed by atoms with van der Waals surface area (Å²) < 4.78 is 5.10. The van der Waals surface area contributed by atoms with Crippen molar-refractivity contribution in [1.29, 1.82) is 0 Å². The number of rotatable bonds is 6. The van der Waals surface area contributed by atoms with Crippen LogP contribution in [-0.4, -0.2) is 37.0 Å². The molecule has 0 saturated heterocycles. The molecule has 1 N–H and O–H groups in total. The van der Waals surface area contributed by atoms with Crippen molar-refractivity contribution in [2.24, 2.45) is 0 Å². The molecule has 0 bridgehead atoms. The van der Waals surface area contributed by atoms with Crippen LogP contribution in [0.25, 0.3) is 0 Å². The van der Waals surface area contributed by atoms with Gasteiger partial charge >= 0.3 is 5.97 Å². The Morgan fingerprint density at radius 1 is 1.08 bits per heavy atom. The molecule has 0 aromatic heterocycles. The fraction of sp³-hybridized carbons (Fsp3) is 0.222. The van der Waals surface area contributed by atoms with Crippen molar-refractivity contribution in [3.05, 3.63) is 64.2 Å². The third-order valence-electron chi connectivity index (χ3n) is 3.62. The van der Waals surface area contributed by atoms with Gasteiger partial charge in [0.25, 0.3) is 11.6 Å². The highest BCUT2D eigenvalue weighted by Crippen LogP contribution is 2.17. The number of nitrogens with one attached hydrogen (secondary N) is 1. The number of carbonyl (C=O) groups excluding carboxylic acids is 2. The van der Waals surface area contributed by atoms with Gasteiger partial charge in [0, 0.05) is 37.6 Å². The van der Waals surface area contributed by atoms with E-state index in [4.69, 9.17) is 4.74 Å². The number of hydrogen-bond donors (Lipinski definition) is 1. The lowest BCUT2D eigenvalue weighted by Crippen LogP contribution is -2.30. The topological polar surface area (TPSA) is 102 Å². The third kappa shape index (κ3) is 4.79. The van der Waals surface area contributed by atoms with Gasteiger partial charge in [0.15, 0.2) is 6.10 Å². The minimum Gasteiger partial charge on any atom is -0.449 e. The monoisotopic (exact) mass is 357 g/mol. The molecule has 136 valence electrons. The van der Waals surface area contributed by atoms with E-state index in [-0.39, 0.29) is 11.3 Å². The SMILES string of the molecule is CC(OC(=O)c1ccc([N+](=O)[O-])cc1)C(=O)Nc1ccc(N(C)C)cc1. The van der Waals surface area contributed by atoms with E-state index < -0.39 is 22.9 Å². The van der Waals surface area contributed by atoms with E-state index in [1.165, 1.54) is 31.2 Å². The molecule has 0 heterocycles. The molecule has 0 spiro atoms. The summed E-state index contributed by atoms with van der Waals surface area (Å²) >= 11 is 0. The van der Waals surface area contributed by atoms with Crippen LogP contribution in [0.4, 0.5) is 17.1 Å². The third-order valence-corrected chi connectivity index (χ3v) is 3.62. The summed E-state index contributed by atoms with van der Waals surface area (Å²) in [6.07, 6.45) is -1.02. The van der Waals surface area contributed by atoms with Crippen molar-refractivity contribution in [2.75, 3.05) is 24.3 Å². The maximum absolute atomic E-state index is 12.2. The van der Waals surface area contributed by atoms with E-state index in [0.717, 1.165) is 5.69 Å². The lowest BCUT2D eigenvalue weighted by molar-refractivity contribution is -0.384. The van der Waals surface area contributed by atoms with E-state index in [0.29, 0.717) is 5.69 Å². The molecule has 8 nitrogen and oxygen atoms in total. The number of amides is 1. The Hall–Kier alpha value is -3.42. The summed E-state index contributed by atoms with van der Waals surface area (Å²) in [5, 5.41) is 13.3. The Morgan fingerprint density at radius 2 is 1.65 bits per heavy atom. The lowest BCUT2D eigenvalue weighted by Gasteiger charge is -2.15. The zero-order valence-corrected chi connectivity index (χ0v) is 14.6. The van der Waals surface area contributed by atoms with Gasteiger partial charge in [-0.15, -0.1) is 0 Å². The van der Waals surface area contributed by atoms with Gasteiger partial charge in [-0.1, -0.05) is 0 Å². The van der Waals surface area contributed by atoms with E-state index in [9.17, 15) is 19.7 Å². The molecule has 0 fully saturated rings. The highest BCUT2D eigenvalue weighted by Gasteiger charge is 2.19. The number of benzene rings is 2. The van der Waals surface area contributed by atoms with Crippen LogP contribution in [0.15, 0.2) is 48.5 Å². The van der Waals surface area contributed by atoms with E-state index in [1.54, 1.807) is 12.1 Å². The first-order valence-corrected chi connectivity index (χ1v) is 7.81. The summed E-state index contributed by atoms with van der Waals surface area (Å²) in [6.45, 7) is 1.45. The van der Waals surface area contributed by atoms with Crippen molar-refractivity contribution in [3.63, 3.8) is 0 Å². The standard InChI is InChI=1S/C18H19N3O5/c1-12(17(22)19-14-6-10-15(11-7-14)20(2)3)26-18(23)13-4-8-16(9-5-13)21(24)25/h4-12H,1-3H3,(H,19,22). The van der Waals surface area contributed by atoms with E-state index in [2.05, 4.69) is 5.32 Å². The normalized spacial score (nSPS) is 11.3. The van der Waals surface area contributed by atoms with Crippen LogP contribution in [0, 0.1) is 10.1 Å². The van der Waals surface area contributed by atoms with Crippen molar-refractivity contribution in [2.45, 2.75) is 13.0 Å². The number of carbonyl (C=O) groups is 2. The molecule has 0 radical (unpaired) electrons. The Bertz CT molecular complexity index is 801. The van der Waals surface area contributed by atoms with Crippen LogP contribution in [-0.2, 0) is 9.53 Å². The summed E-state index contributed by atoms with van der Waals surface area (Å²) in [5.74, 6) is -1.21. The summed E-state index contributed by atoms with van der Waals surface area (Å²) in [5.41, 5.74) is 1.57. The fourth-order valence-electron chi connectivity index (χ4n) is 2.09. The van der Waals surface area contributed by atoms with Gasteiger partial charge in [0.05, 0.1) is 10.5 Å². The smallest absolute Gasteiger partial charge is 0.338 e. The zero-order valence-electron chi connectivity index (χ0n) is 14.6. The minimum atomic E-state index is -1.02. The number of anilines is 2. The maximum Gasteiger partial charge on any atom is 0.338 e. The van der Waals surface area contributed by atoms with Crippen LogP contribution in [0.5, 0.6) is 0 Å². The van der Waals surface area contributed by atoms with Crippen molar-refractivity contribution in [1.82, 2.24) is 0 Å². The molecule has 0 aliphatic rings. The number of nitro groups is 1. The molecule has 2 aromatic rings. The molecule has 2 rings (SSSR count). The first-order valence-electron chi connectivity index (χ1n) is 7.81. The molecule has 0 saturated carbocycles. The van der Waals surface area contributed by atoms with E-state index in [1.807, 2.05) is 31.1 Å². The fourth-order valence-corrected chi connectivity index (χ4v) is 2.09. The second kappa shape index (κ2) is 8.11. The van der Waals surface area contributed by atoms with Gasteiger partial charge in [-0.2, -0.15) is 0 Å². The van der Waals surface area contributed by atoms with Gasteiger partial charge in [0.1, 0.15) is 0 Å². The first-order chi connectivity index (χ1) is 12.3. The summed E-state index contributed by atoms with van der Waals surface area (Å²) in [7, 11) is 3.82. The largest absolute Gasteiger partial charge is 0.449 e. The summed E-state index contributed by atoms with van der Waals surface area (Å²) in [6, 6.07) is 12.2. The van der Waals surface area contributed by atoms with Crippen molar-refractivity contribution >= 4 is 28.9 Å². The van der Waals surface area contributed by atoms with Crippen molar-refractivity contribution in [3.8, 4) is 0 Å². The average molecular weight is 357 g/mol. The first kappa shape index (κ1) is 18.9. The van der Waals surface area contributed by atoms with Crippen LogP contribution < -0.4 is 10.2 Å². The molecular formula is C18H19N3O5. The Labute approximate surface area is 150 Å². The number of nitro benzene ring substituents is 1. The molecule has 2 aromatic carbocycles. The molecular weight excluding hydrogens is 338 g/mol. The highest BCUT2D eigenvalue weighted by atomic mass is 16.6. The van der Waals surface area contributed by atoms with Gasteiger partial charge in [0.2, 0.25) is 0 Å². The minimum absolute atomic E-state index is 0.130. The van der Waals surface area contributed by atoms with E-state index >= 15 is 0 Å². The Kier molecular flexibility index (Phi) is 5.90. The molecule has 0 aliphatic carbocycles. The van der Waals surface area contributed by atoms with Crippen LogP contribution in [0.1, 0.15) is 17.3 Å². The number of hydrogen-bond acceptors (Lipinski definition) is 6. The molecule has 0 aliphatic heterocycles. The van der Waals surface area contributed by atoms with Gasteiger partial charge in [-0.05, 0) is 43.3 Å². The van der Waals surface area contributed by atoms with Gasteiger partial charge in [-0.3, -0.25) is 14.9 Å². The second-order valence-electron chi connectivity index (χ2n) is 5.78. The maximum atomic E-state index is 12.2. The zero-order chi connectivity index (χ0) is 19.3. The Morgan fingerprint density at radius 3 is 2.15 bits per heavy atom. The van der Waals surface area contributed by atoms with Gasteiger partial charge < -0.3 is 15.0 Å². The summed E-state index contributed by atoms with van der Waals surface area (Å²) in [4.78, 5) is 36.2. The number of esters is 1. The second-order valence-corrected chi connectivity index (χ2v) is 5.78. The number of ether oxygens (including phenoxy) is 1. The molecule has 8 heteroatoms. The molecule has 1 unspecified atom stereocenters. The van der Waals surface area contributed by atoms with Crippen LogP contribution in [0.2, 0.25) is 0 Å². The van der Waals surface area contributed by atoms with Crippen LogP contribution >= 0.6 is 0 Å². The molecule has 26 heavy (non-hydrogen) atoms. The van der Waals surface area contributed by atoms with Gasteiger partial charge in [-0.25, -0.2) is 4.79 Å². The molecule has 1 amide bonds. The highest BCUT2D eigenvalue weighted by molar-refractivity contribution is 5.97. The predicted molar refractivity (Wildman–Crippen MR) is 97.4 cm³/mol. The lowest BCUT2D eigenvalue weighted by atomic mass is 10.2. The Balaban J connectivity index is 1.95. The number of nitrogens with zero attached hydrogens (tertiary/aromatic N) is 2.